The Balaban J connectivity index is -0.000000312. The molecule has 0 amide bonds. The van der Waals surface area contributed by atoms with E-state index in [0.29, 0.717) is 13.2 Å². The van der Waals surface area contributed by atoms with Crippen LogP contribution in [0.15, 0.2) is 0 Å². The van der Waals surface area contributed by atoms with Gasteiger partial charge in [-0.25, -0.2) is 8.42 Å². The van der Waals surface area contributed by atoms with Gasteiger partial charge in [0.15, 0.2) is 16.1 Å². The van der Waals surface area contributed by atoms with E-state index < -0.39 is 33.7 Å². The van der Waals surface area contributed by atoms with Gasteiger partial charge in [-0.3, -0.25) is 9.59 Å². The van der Waals surface area contributed by atoms with Crippen LogP contribution in [0.2, 0.25) is 0 Å². The molecule has 0 aliphatic rings. The Morgan fingerprint density at radius 3 is 1.60 bits per heavy atom. The molecule has 0 bridgehead atoms. The maximum atomic E-state index is 10.2. The fraction of sp³-hybridized carbons (Fsp3) is 0.625. The second-order valence-corrected chi connectivity index (χ2v) is 4.28. The van der Waals surface area contributed by atoms with E-state index in [1.54, 1.807) is 0 Å². The maximum Gasteiger partial charge on any atom is 1.00 e. The van der Waals surface area contributed by atoms with Crippen LogP contribution in [-0.2, 0) is 24.4 Å². The van der Waals surface area contributed by atoms with Crippen molar-refractivity contribution in [1.29, 1.82) is 0 Å². The molecule has 114 valence electrons. The third kappa shape index (κ3) is 15.7. The predicted molar refractivity (Wildman–Crippen MR) is 59.7 cm³/mol. The van der Waals surface area contributed by atoms with Crippen LogP contribution in [0.5, 0.6) is 0 Å². The average molecular weight is 326 g/mol. The zero-order valence-corrected chi connectivity index (χ0v) is 13.5. The second-order valence-electron chi connectivity index (χ2n) is 2.83. The van der Waals surface area contributed by atoms with Crippen molar-refractivity contribution in [2.75, 3.05) is 26.4 Å². The number of carbonyl (C=O) groups is 2. The van der Waals surface area contributed by atoms with Crippen molar-refractivity contribution >= 4 is 22.1 Å². The van der Waals surface area contributed by atoms with Crippen LogP contribution in [0.3, 0.4) is 0 Å². The zero-order valence-electron chi connectivity index (χ0n) is 10.7. The molecule has 0 aromatic rings. The smallest absolute Gasteiger partial charge is 0.502 e. The molecule has 0 atom stereocenters. The van der Waals surface area contributed by atoms with E-state index in [9.17, 15) is 18.0 Å². The molecule has 0 saturated heterocycles. The average Bonchev–Trinajstić information content (AvgIpc) is 2.25. The van der Waals surface area contributed by atoms with Gasteiger partial charge >= 0.3 is 29.6 Å². The molecule has 0 aromatic heterocycles. The van der Waals surface area contributed by atoms with Crippen LogP contribution in [0.1, 0.15) is 6.42 Å². The van der Waals surface area contributed by atoms with Crippen LogP contribution in [-0.4, -0.2) is 71.8 Å². The first-order valence-corrected chi connectivity index (χ1v) is 6.18. The number of aliphatic carboxylic acids is 2. The van der Waals surface area contributed by atoms with Crippen LogP contribution in [0.25, 0.3) is 0 Å². The predicted octanol–water partition coefficient (Wildman–Crippen LogP) is -5.04. The molecule has 12 heteroatoms. The Morgan fingerprint density at radius 1 is 1.05 bits per heavy atom. The molecule has 0 aliphatic heterocycles. The molecule has 0 spiro atoms. The Kier molecular flexibility index (Phi) is 16.7. The second kappa shape index (κ2) is 13.6. The summed E-state index contributed by atoms with van der Waals surface area (Å²) in [4.78, 5) is 19.9. The van der Waals surface area contributed by atoms with Crippen molar-refractivity contribution in [3.8, 4) is 0 Å². The van der Waals surface area contributed by atoms with Crippen molar-refractivity contribution < 1.29 is 77.3 Å². The third-order valence-electron chi connectivity index (χ3n) is 1.33. The van der Waals surface area contributed by atoms with Crippen molar-refractivity contribution in [2.24, 2.45) is 0 Å². The molecular formula is C8H15NaO10S. The van der Waals surface area contributed by atoms with E-state index in [4.69, 9.17) is 25.0 Å². The first-order chi connectivity index (χ1) is 8.66. The summed E-state index contributed by atoms with van der Waals surface area (Å²) >= 11 is 0. The molecule has 0 heterocycles. The Bertz CT molecular complexity index is 363. The summed E-state index contributed by atoms with van der Waals surface area (Å²) in [5.41, 5.74) is 0. The van der Waals surface area contributed by atoms with Crippen LogP contribution in [0, 0.1) is 5.25 Å². The normalized spacial score (nSPS) is 9.75. The number of aliphatic hydroxyl groups excluding tert-OH is 2. The van der Waals surface area contributed by atoms with Gasteiger partial charge in [0.2, 0.25) is 0 Å². The fourth-order valence-electron chi connectivity index (χ4n) is 0.646. The molecule has 0 unspecified atom stereocenters. The summed E-state index contributed by atoms with van der Waals surface area (Å²) in [5.74, 6) is -3.62. The van der Waals surface area contributed by atoms with Gasteiger partial charge in [-0.1, -0.05) is 0 Å². The Hall–Kier alpha value is -0.400. The first-order valence-electron chi connectivity index (χ1n) is 4.74. The minimum Gasteiger partial charge on any atom is -0.502 e. The minimum atomic E-state index is -4.92. The monoisotopic (exact) mass is 326 g/mol. The molecule has 0 radical (unpaired) electrons. The van der Waals surface area contributed by atoms with Gasteiger partial charge in [-0.05, 0) is 6.42 Å². The SMILES string of the molecule is O=C(O)C[C-](C(=O)O)S(=O)(=O)O.OCCOCCO.[Na+]. The molecule has 10 nitrogen and oxygen atoms in total. The number of rotatable bonds is 8. The van der Waals surface area contributed by atoms with Gasteiger partial charge in [0, 0.05) is 0 Å². The van der Waals surface area contributed by atoms with E-state index in [0.717, 1.165) is 0 Å². The van der Waals surface area contributed by atoms with Gasteiger partial charge in [-0.2, -0.15) is 0 Å². The number of carboxylic acids is 2. The summed E-state index contributed by atoms with van der Waals surface area (Å²) in [7, 11) is -4.92. The first kappa shape index (κ1) is 24.6. The van der Waals surface area contributed by atoms with E-state index >= 15 is 0 Å². The van der Waals surface area contributed by atoms with Gasteiger partial charge in [0.25, 0.3) is 5.97 Å². The Morgan fingerprint density at radius 2 is 1.45 bits per heavy atom. The quantitative estimate of drug-likeness (QED) is 0.125. The number of hydrogen-bond donors (Lipinski definition) is 5. The van der Waals surface area contributed by atoms with Crippen LogP contribution < -0.4 is 29.6 Å². The summed E-state index contributed by atoms with van der Waals surface area (Å²) in [6, 6.07) is 0. The fourth-order valence-corrected chi connectivity index (χ4v) is 1.17. The van der Waals surface area contributed by atoms with Crippen LogP contribution in [0.4, 0.5) is 0 Å². The summed E-state index contributed by atoms with van der Waals surface area (Å²) in [5, 5.41) is 30.9. The van der Waals surface area contributed by atoms with Gasteiger partial charge < -0.3 is 29.7 Å². The van der Waals surface area contributed by atoms with E-state index in [-0.39, 0.29) is 42.8 Å². The number of aliphatic hydroxyl groups is 2. The van der Waals surface area contributed by atoms with Crippen molar-refractivity contribution in [1.82, 2.24) is 0 Å². The molecule has 0 aromatic carbocycles. The summed E-state index contributed by atoms with van der Waals surface area (Å²) in [6.45, 7) is 0.696. The van der Waals surface area contributed by atoms with Crippen LogP contribution >= 0.6 is 0 Å². The molecule has 20 heavy (non-hydrogen) atoms. The molecule has 0 aliphatic carbocycles. The molecule has 0 rings (SSSR count). The van der Waals surface area contributed by atoms with Crippen molar-refractivity contribution in [3.05, 3.63) is 5.25 Å². The summed E-state index contributed by atoms with van der Waals surface area (Å²) in [6.07, 6.45) is -1.24. The van der Waals surface area contributed by atoms with Gasteiger partial charge in [-0.15, -0.1) is 5.25 Å². The summed E-state index contributed by atoms with van der Waals surface area (Å²) < 4.78 is 33.2. The zero-order chi connectivity index (χ0) is 15.5. The maximum absolute atomic E-state index is 10.2. The van der Waals surface area contributed by atoms with E-state index in [1.807, 2.05) is 0 Å². The topological polar surface area (TPSA) is 179 Å². The number of hydrogen-bond acceptors (Lipinski definition) is 7. The van der Waals surface area contributed by atoms with Crippen molar-refractivity contribution in [2.45, 2.75) is 6.42 Å². The molecule has 0 saturated carbocycles. The van der Waals surface area contributed by atoms with E-state index in [1.165, 1.54) is 0 Å². The van der Waals surface area contributed by atoms with E-state index in [2.05, 4.69) is 4.74 Å². The molecule has 5 N–H and O–H groups in total. The van der Waals surface area contributed by atoms with Crippen molar-refractivity contribution in [3.63, 3.8) is 0 Å². The number of carboxylic acid groups (broad SMARTS) is 2. The van der Waals surface area contributed by atoms with Gasteiger partial charge in [0.1, 0.15) is 0 Å². The Labute approximate surface area is 137 Å². The largest absolute Gasteiger partial charge is 1.00 e. The standard InChI is InChI=1S/C4H5O7S.C4H10O3.Na/c5-3(6)1-2(4(7)8)12(9,10)11;5-1-3-7-4-2-6;/h1H2,(H,5,6)(H,7,8)(H,9,10,11);5-6H,1-4H2;/q-1;;+1. The molecule has 0 fully saturated rings. The van der Waals surface area contributed by atoms with Gasteiger partial charge in [0.05, 0.1) is 26.4 Å². The molecular weight excluding hydrogens is 311 g/mol. The third-order valence-corrected chi connectivity index (χ3v) is 2.27. The minimum absolute atomic E-state index is 0. The number of ether oxygens (including phenoxy) is 1.